The van der Waals surface area contributed by atoms with Gasteiger partial charge in [0.05, 0.1) is 16.4 Å². The Hall–Kier alpha value is -2.78. The second kappa shape index (κ2) is 9.82. The van der Waals surface area contributed by atoms with Gasteiger partial charge in [0.25, 0.3) is 0 Å². The van der Waals surface area contributed by atoms with Crippen molar-refractivity contribution in [2.24, 2.45) is 0 Å². The molecule has 3 N–H and O–H groups in total. The van der Waals surface area contributed by atoms with Gasteiger partial charge in [-0.25, -0.2) is 9.18 Å². The van der Waals surface area contributed by atoms with E-state index >= 15 is 0 Å². The van der Waals surface area contributed by atoms with Gasteiger partial charge < -0.3 is 16.0 Å². The molecule has 2 aromatic rings. The van der Waals surface area contributed by atoms with Gasteiger partial charge in [0, 0.05) is 5.69 Å². The van der Waals surface area contributed by atoms with Gasteiger partial charge in [-0.1, -0.05) is 23.7 Å². The highest BCUT2D eigenvalue weighted by Crippen LogP contribution is 2.29. The summed E-state index contributed by atoms with van der Waals surface area (Å²) in [6, 6.07) is 9.34. The zero-order valence-electron chi connectivity index (χ0n) is 16.1. The molecule has 0 saturated heterocycles. The summed E-state index contributed by atoms with van der Waals surface area (Å²) in [7, 11) is 0. The number of halogens is 2. The molecule has 0 bridgehead atoms. The maximum atomic E-state index is 13.3. The molecule has 0 fully saturated rings. The highest BCUT2D eigenvalue weighted by molar-refractivity contribution is 7.98. The van der Waals surface area contributed by atoms with Gasteiger partial charge in [-0.3, -0.25) is 14.5 Å². The number of fused-ring (bicyclic) bond motifs is 1. The average molecular weight is 451 g/mol. The molecule has 1 aliphatic heterocycles. The fourth-order valence-corrected chi connectivity index (χ4v) is 3.60. The van der Waals surface area contributed by atoms with Crippen molar-refractivity contribution in [2.75, 3.05) is 34.1 Å². The van der Waals surface area contributed by atoms with Crippen LogP contribution < -0.4 is 20.9 Å². The number of nitrogens with zero attached hydrogens (tertiary/aromatic N) is 1. The summed E-state index contributed by atoms with van der Waals surface area (Å²) in [6.07, 6.45) is 2.26. The van der Waals surface area contributed by atoms with Crippen LogP contribution in [0.2, 0.25) is 5.02 Å². The Labute approximate surface area is 182 Å². The Morgan fingerprint density at radius 3 is 2.80 bits per heavy atom. The van der Waals surface area contributed by atoms with E-state index in [9.17, 15) is 18.8 Å². The van der Waals surface area contributed by atoms with Crippen LogP contribution in [0, 0.1) is 5.82 Å². The molecule has 1 atom stereocenters. The van der Waals surface area contributed by atoms with Crippen molar-refractivity contribution in [3.05, 3.63) is 53.3 Å². The first-order chi connectivity index (χ1) is 14.4. The Kier molecular flexibility index (Phi) is 7.17. The van der Waals surface area contributed by atoms with Crippen LogP contribution in [0.3, 0.4) is 0 Å². The summed E-state index contributed by atoms with van der Waals surface area (Å²) in [6.45, 7) is -0.159. The molecule has 0 spiro atoms. The predicted octanol–water partition coefficient (Wildman–Crippen LogP) is 3.71. The van der Waals surface area contributed by atoms with Crippen LogP contribution in [0.15, 0.2) is 42.5 Å². The molecule has 0 saturated carbocycles. The van der Waals surface area contributed by atoms with Crippen LogP contribution in [-0.4, -0.2) is 42.4 Å². The average Bonchev–Trinajstić information content (AvgIpc) is 2.72. The van der Waals surface area contributed by atoms with Crippen LogP contribution in [0.5, 0.6) is 0 Å². The first-order valence-corrected chi connectivity index (χ1v) is 10.9. The topological polar surface area (TPSA) is 90.5 Å². The molecule has 30 heavy (non-hydrogen) atoms. The quantitative estimate of drug-likeness (QED) is 0.625. The Morgan fingerprint density at radius 2 is 2.07 bits per heavy atom. The van der Waals surface area contributed by atoms with E-state index in [-0.39, 0.29) is 17.5 Å². The summed E-state index contributed by atoms with van der Waals surface area (Å²) < 4.78 is 13.3. The number of thioether (sulfide) groups is 1. The molecule has 1 aliphatic rings. The van der Waals surface area contributed by atoms with Gasteiger partial charge in [-0.15, -0.1) is 0 Å². The lowest BCUT2D eigenvalue weighted by molar-refractivity contribution is -0.118. The number of anilines is 3. The molecule has 158 valence electrons. The lowest BCUT2D eigenvalue weighted by Crippen LogP contribution is -2.53. The van der Waals surface area contributed by atoms with E-state index < -0.39 is 23.8 Å². The van der Waals surface area contributed by atoms with Gasteiger partial charge in [0.1, 0.15) is 18.4 Å². The van der Waals surface area contributed by atoms with E-state index in [1.807, 2.05) is 6.26 Å². The fraction of sp³-hybridized carbons (Fsp3) is 0.250. The van der Waals surface area contributed by atoms with Gasteiger partial charge >= 0.3 is 6.03 Å². The molecule has 2 aromatic carbocycles. The molecular weight excluding hydrogens is 431 g/mol. The number of rotatable bonds is 6. The third-order valence-electron chi connectivity index (χ3n) is 4.43. The van der Waals surface area contributed by atoms with Crippen LogP contribution >= 0.6 is 23.4 Å². The largest absolute Gasteiger partial charge is 0.326 e. The second-order valence-corrected chi connectivity index (χ2v) is 7.95. The third kappa shape index (κ3) is 5.22. The van der Waals surface area contributed by atoms with Crippen molar-refractivity contribution >= 4 is 58.3 Å². The van der Waals surface area contributed by atoms with Crippen LogP contribution in [0.4, 0.5) is 26.2 Å². The Balaban J connectivity index is 1.75. The standard InChI is InChI=1S/C20H20ClFN4O3S/c1-30-9-8-16(19(28)23-12-6-7-14(22)13(21)10-12)25-20(29)26-11-18(27)24-15-4-2-3-5-17(15)26/h2-7,10,16H,8-9,11H2,1H3,(H,23,28)(H,24,27)(H,25,29). The minimum absolute atomic E-state index is 0.117. The summed E-state index contributed by atoms with van der Waals surface area (Å²) >= 11 is 7.29. The lowest BCUT2D eigenvalue weighted by Gasteiger charge is -2.30. The Bertz CT molecular complexity index is 975. The molecular formula is C20H20ClFN4O3S. The monoisotopic (exact) mass is 450 g/mol. The van der Waals surface area contributed by atoms with Crippen LogP contribution in [-0.2, 0) is 9.59 Å². The van der Waals surface area contributed by atoms with E-state index in [0.717, 1.165) is 6.07 Å². The number of carbonyl (C=O) groups is 3. The number of amides is 4. The molecule has 0 aromatic heterocycles. The number of hydrogen-bond donors (Lipinski definition) is 3. The highest BCUT2D eigenvalue weighted by Gasteiger charge is 2.29. The van der Waals surface area contributed by atoms with Crippen molar-refractivity contribution in [3.63, 3.8) is 0 Å². The van der Waals surface area contributed by atoms with E-state index in [1.165, 1.54) is 28.8 Å². The van der Waals surface area contributed by atoms with E-state index in [1.54, 1.807) is 24.3 Å². The molecule has 4 amide bonds. The van der Waals surface area contributed by atoms with Gasteiger partial charge in [-0.05, 0) is 48.8 Å². The number of benzene rings is 2. The number of nitrogens with one attached hydrogen (secondary N) is 3. The maximum absolute atomic E-state index is 13.3. The summed E-state index contributed by atoms with van der Waals surface area (Å²) in [5, 5.41) is 7.94. The van der Waals surface area contributed by atoms with Crippen LogP contribution in [0.25, 0.3) is 0 Å². The molecule has 1 heterocycles. The fourth-order valence-electron chi connectivity index (χ4n) is 2.95. The normalized spacial score (nSPS) is 13.8. The van der Waals surface area contributed by atoms with Gasteiger partial charge in [0.15, 0.2) is 0 Å². The minimum Gasteiger partial charge on any atom is -0.326 e. The number of urea groups is 1. The Morgan fingerprint density at radius 1 is 1.30 bits per heavy atom. The van der Waals surface area contributed by atoms with Crippen molar-refractivity contribution in [3.8, 4) is 0 Å². The van der Waals surface area contributed by atoms with Crippen molar-refractivity contribution in [1.29, 1.82) is 0 Å². The molecule has 3 rings (SSSR count). The smallest absolute Gasteiger partial charge is 0.323 e. The lowest BCUT2D eigenvalue weighted by atomic mass is 10.2. The van der Waals surface area contributed by atoms with Crippen molar-refractivity contribution in [1.82, 2.24) is 5.32 Å². The van der Waals surface area contributed by atoms with Gasteiger partial charge in [0.2, 0.25) is 11.8 Å². The van der Waals surface area contributed by atoms with Crippen LogP contribution in [0.1, 0.15) is 6.42 Å². The summed E-state index contributed by atoms with van der Waals surface area (Å²) in [5.74, 6) is -0.756. The van der Waals surface area contributed by atoms with Gasteiger partial charge in [-0.2, -0.15) is 11.8 Å². The molecule has 1 unspecified atom stereocenters. The molecule has 7 nitrogen and oxygen atoms in total. The maximum Gasteiger partial charge on any atom is 0.323 e. The predicted molar refractivity (Wildman–Crippen MR) is 118 cm³/mol. The molecule has 10 heteroatoms. The van der Waals surface area contributed by atoms with E-state index in [0.29, 0.717) is 29.2 Å². The van der Waals surface area contributed by atoms with Crippen molar-refractivity contribution < 1.29 is 18.8 Å². The number of hydrogen-bond acceptors (Lipinski definition) is 4. The highest BCUT2D eigenvalue weighted by atomic mass is 35.5. The summed E-state index contributed by atoms with van der Waals surface area (Å²) in [5.41, 5.74) is 1.39. The third-order valence-corrected chi connectivity index (χ3v) is 5.36. The zero-order valence-corrected chi connectivity index (χ0v) is 17.6. The first-order valence-electron chi connectivity index (χ1n) is 9.11. The first kappa shape index (κ1) is 21.9. The molecule has 0 radical (unpaired) electrons. The second-order valence-electron chi connectivity index (χ2n) is 6.55. The van der Waals surface area contributed by atoms with Crippen molar-refractivity contribution in [2.45, 2.75) is 12.5 Å². The SMILES string of the molecule is CSCCC(NC(=O)N1CC(=O)Nc2ccccc21)C(=O)Nc1ccc(F)c(Cl)c1. The zero-order chi connectivity index (χ0) is 21.7. The summed E-state index contributed by atoms with van der Waals surface area (Å²) in [4.78, 5) is 39.0. The molecule has 0 aliphatic carbocycles. The minimum atomic E-state index is -0.856. The number of carbonyl (C=O) groups excluding carboxylic acids is 3. The van der Waals surface area contributed by atoms with E-state index in [2.05, 4.69) is 16.0 Å². The number of para-hydroxylation sites is 2. The van der Waals surface area contributed by atoms with E-state index in [4.69, 9.17) is 11.6 Å².